The first-order valence-electron chi connectivity index (χ1n) is 7.34. The van der Waals surface area contributed by atoms with E-state index in [1.165, 1.54) is 5.01 Å². The zero-order valence-electron chi connectivity index (χ0n) is 13.0. The van der Waals surface area contributed by atoms with Crippen LogP contribution in [0.1, 0.15) is 43.8 Å². The molecule has 5 heteroatoms. The average Bonchev–Trinajstić information content (AvgIpc) is 2.87. The molecule has 0 spiro atoms. The van der Waals surface area contributed by atoms with Crippen LogP contribution < -0.4 is 5.32 Å². The van der Waals surface area contributed by atoms with Crippen molar-refractivity contribution in [1.29, 1.82) is 0 Å². The van der Waals surface area contributed by atoms with Gasteiger partial charge in [0, 0.05) is 37.8 Å². The molecule has 0 aliphatic carbocycles. The Morgan fingerprint density at radius 3 is 2.95 bits per heavy atom. The summed E-state index contributed by atoms with van der Waals surface area (Å²) in [5.74, 6) is 0. The molecular formula is C15H26N2O2S. The molecule has 1 fully saturated rings. The maximum Gasteiger partial charge on any atom is 0.113 e. The van der Waals surface area contributed by atoms with Gasteiger partial charge in [-0.25, -0.2) is 4.98 Å². The van der Waals surface area contributed by atoms with Gasteiger partial charge in [-0.3, -0.25) is 0 Å². The van der Waals surface area contributed by atoms with Gasteiger partial charge in [0.15, 0.2) is 0 Å². The van der Waals surface area contributed by atoms with Gasteiger partial charge >= 0.3 is 0 Å². The van der Waals surface area contributed by atoms with Crippen molar-refractivity contribution in [2.45, 2.75) is 51.2 Å². The van der Waals surface area contributed by atoms with Crippen molar-refractivity contribution in [2.75, 3.05) is 26.9 Å². The summed E-state index contributed by atoms with van der Waals surface area (Å²) in [5, 5.41) is 7.02. The van der Waals surface area contributed by atoms with Crippen molar-refractivity contribution in [3.63, 3.8) is 0 Å². The Kier molecular flexibility index (Phi) is 5.18. The highest BCUT2D eigenvalue weighted by Gasteiger charge is 2.45. The molecule has 2 unspecified atom stereocenters. The molecule has 20 heavy (non-hydrogen) atoms. The van der Waals surface area contributed by atoms with Crippen LogP contribution in [0.2, 0.25) is 0 Å². The quantitative estimate of drug-likeness (QED) is 0.820. The average molecular weight is 298 g/mol. The van der Waals surface area contributed by atoms with E-state index in [0.717, 1.165) is 44.7 Å². The van der Waals surface area contributed by atoms with Gasteiger partial charge < -0.3 is 14.8 Å². The summed E-state index contributed by atoms with van der Waals surface area (Å²) in [6, 6.07) is 0. The largest absolute Gasteiger partial charge is 0.383 e. The molecule has 2 rings (SSSR count). The monoisotopic (exact) mass is 298 g/mol. The third-order valence-electron chi connectivity index (χ3n) is 4.20. The van der Waals surface area contributed by atoms with Crippen molar-refractivity contribution >= 4 is 11.3 Å². The maximum absolute atomic E-state index is 6.01. The first kappa shape index (κ1) is 15.9. The van der Waals surface area contributed by atoms with E-state index in [9.17, 15) is 0 Å². The Hall–Kier alpha value is -0.490. The number of hydrogen-bond donors (Lipinski definition) is 1. The number of ether oxygens (including phenoxy) is 2. The lowest BCUT2D eigenvalue weighted by molar-refractivity contribution is -0.104. The van der Waals surface area contributed by atoms with Gasteiger partial charge in [-0.2, -0.15) is 0 Å². The number of aryl methyl sites for hydroxylation is 1. The summed E-state index contributed by atoms with van der Waals surface area (Å²) >= 11 is 1.75. The van der Waals surface area contributed by atoms with E-state index < -0.39 is 0 Å². The van der Waals surface area contributed by atoms with Gasteiger partial charge in [-0.05, 0) is 26.7 Å². The molecule has 114 valence electrons. The van der Waals surface area contributed by atoms with Gasteiger partial charge in [0.2, 0.25) is 0 Å². The van der Waals surface area contributed by atoms with Crippen LogP contribution in [0.3, 0.4) is 0 Å². The molecular weight excluding hydrogens is 272 g/mol. The number of rotatable bonds is 6. The van der Waals surface area contributed by atoms with E-state index in [-0.39, 0.29) is 11.1 Å². The van der Waals surface area contributed by atoms with Crippen LogP contribution in [-0.4, -0.2) is 37.5 Å². The fourth-order valence-corrected chi connectivity index (χ4v) is 3.86. The lowest BCUT2D eigenvalue weighted by atomic mass is 9.79. The Morgan fingerprint density at radius 2 is 2.35 bits per heavy atom. The molecule has 2 heterocycles. The second-order valence-electron chi connectivity index (χ2n) is 5.87. The number of hydrogen-bond acceptors (Lipinski definition) is 5. The molecule has 1 N–H and O–H groups in total. The summed E-state index contributed by atoms with van der Waals surface area (Å²) in [6.07, 6.45) is 2.96. The van der Waals surface area contributed by atoms with Crippen molar-refractivity contribution in [1.82, 2.24) is 10.3 Å². The molecule has 4 nitrogen and oxygen atoms in total. The van der Waals surface area contributed by atoms with Crippen LogP contribution >= 0.6 is 11.3 Å². The predicted molar refractivity (Wildman–Crippen MR) is 82.3 cm³/mol. The number of aromatic nitrogens is 1. The molecule has 1 aliphatic heterocycles. The summed E-state index contributed by atoms with van der Waals surface area (Å²) in [5.41, 5.74) is 0.959. The highest BCUT2D eigenvalue weighted by atomic mass is 32.1. The van der Waals surface area contributed by atoms with Crippen molar-refractivity contribution in [2.24, 2.45) is 0 Å². The topological polar surface area (TPSA) is 43.4 Å². The van der Waals surface area contributed by atoms with E-state index >= 15 is 0 Å². The van der Waals surface area contributed by atoms with Gasteiger partial charge in [0.05, 0.1) is 17.7 Å². The lowest BCUT2D eigenvalue weighted by Gasteiger charge is -2.45. The van der Waals surface area contributed by atoms with Gasteiger partial charge in [0.1, 0.15) is 5.01 Å². The first-order valence-corrected chi connectivity index (χ1v) is 8.22. The fraction of sp³-hybridized carbons (Fsp3) is 0.800. The van der Waals surface area contributed by atoms with Crippen molar-refractivity contribution in [3.8, 4) is 0 Å². The minimum atomic E-state index is -0.0715. The van der Waals surface area contributed by atoms with Crippen molar-refractivity contribution < 1.29 is 9.47 Å². The van der Waals surface area contributed by atoms with Crippen molar-refractivity contribution in [3.05, 3.63) is 16.1 Å². The summed E-state index contributed by atoms with van der Waals surface area (Å²) in [4.78, 5) is 4.74. The lowest BCUT2D eigenvalue weighted by Crippen LogP contribution is -2.54. The zero-order chi connectivity index (χ0) is 14.6. The van der Waals surface area contributed by atoms with E-state index in [0.29, 0.717) is 0 Å². The summed E-state index contributed by atoms with van der Waals surface area (Å²) < 4.78 is 11.2. The van der Waals surface area contributed by atoms with Gasteiger partial charge in [-0.1, -0.05) is 6.92 Å². The van der Waals surface area contributed by atoms with Crippen LogP contribution in [0, 0.1) is 6.92 Å². The SMILES string of the molecule is CCC1(C)CC(NCCOC)(c2nc(C)cs2)CCO1. The van der Waals surface area contributed by atoms with Crippen LogP contribution in [-0.2, 0) is 15.0 Å². The molecule has 0 aromatic carbocycles. The maximum atomic E-state index is 6.01. The number of methoxy groups -OCH3 is 1. The summed E-state index contributed by atoms with van der Waals surface area (Å²) in [7, 11) is 1.74. The number of nitrogens with one attached hydrogen (secondary N) is 1. The summed E-state index contributed by atoms with van der Waals surface area (Å²) in [6.45, 7) is 8.80. The van der Waals surface area contributed by atoms with E-state index in [4.69, 9.17) is 14.5 Å². The van der Waals surface area contributed by atoms with Crippen LogP contribution in [0.15, 0.2) is 5.38 Å². The predicted octanol–water partition coefficient (Wildman–Crippen LogP) is 2.86. The Bertz CT molecular complexity index is 437. The molecule has 0 amide bonds. The van der Waals surface area contributed by atoms with Gasteiger partial charge in [0.25, 0.3) is 0 Å². The molecule has 0 radical (unpaired) electrons. The molecule has 2 atom stereocenters. The Labute approximate surface area is 125 Å². The molecule has 0 bridgehead atoms. The molecule has 1 aliphatic rings. The third kappa shape index (κ3) is 3.39. The number of nitrogens with zero attached hydrogens (tertiary/aromatic N) is 1. The van der Waals surface area contributed by atoms with E-state index in [2.05, 4.69) is 31.5 Å². The van der Waals surface area contributed by atoms with E-state index in [1.807, 2.05) is 0 Å². The Balaban J connectivity index is 2.24. The number of thiazole rings is 1. The zero-order valence-corrected chi connectivity index (χ0v) is 13.8. The highest BCUT2D eigenvalue weighted by Crippen LogP contribution is 2.42. The second-order valence-corrected chi connectivity index (χ2v) is 6.73. The van der Waals surface area contributed by atoms with Crippen LogP contribution in [0.25, 0.3) is 0 Å². The van der Waals surface area contributed by atoms with E-state index in [1.54, 1.807) is 18.4 Å². The fourth-order valence-electron chi connectivity index (χ4n) is 2.85. The highest BCUT2D eigenvalue weighted by molar-refractivity contribution is 7.09. The van der Waals surface area contributed by atoms with Gasteiger partial charge in [-0.15, -0.1) is 11.3 Å². The minimum absolute atomic E-state index is 0.0690. The second kappa shape index (κ2) is 6.52. The normalized spacial score (nSPS) is 30.6. The van der Waals surface area contributed by atoms with Crippen LogP contribution in [0.5, 0.6) is 0 Å². The Morgan fingerprint density at radius 1 is 1.55 bits per heavy atom. The third-order valence-corrected chi connectivity index (χ3v) is 5.37. The standard InChI is InChI=1S/C15H26N2O2S/c1-5-14(3)11-15(6-8-19-14,16-7-9-18-4)13-17-12(2)10-20-13/h10,16H,5-9,11H2,1-4H3. The smallest absolute Gasteiger partial charge is 0.113 e. The molecule has 1 aromatic rings. The molecule has 0 saturated carbocycles. The van der Waals surface area contributed by atoms with Crippen LogP contribution in [0.4, 0.5) is 0 Å². The minimum Gasteiger partial charge on any atom is -0.383 e. The first-order chi connectivity index (χ1) is 9.53. The molecule has 1 saturated heterocycles. The molecule has 1 aromatic heterocycles.